The lowest BCUT2D eigenvalue weighted by Gasteiger charge is -2.18. The highest BCUT2D eigenvalue weighted by Crippen LogP contribution is 2.22. The molecule has 1 unspecified atom stereocenters. The first-order chi connectivity index (χ1) is 10.2. The molecule has 2 aromatic rings. The van der Waals surface area contributed by atoms with Crippen LogP contribution in [0.15, 0.2) is 42.4 Å². The Morgan fingerprint density at radius 1 is 1.24 bits per heavy atom. The first-order valence-electron chi connectivity index (χ1n) is 7.41. The fourth-order valence-electron chi connectivity index (χ4n) is 2.75. The summed E-state index contributed by atoms with van der Waals surface area (Å²) in [5.74, 6) is -0.200. The molecule has 1 atom stereocenters. The first kappa shape index (κ1) is 14.0. The van der Waals surface area contributed by atoms with Crippen molar-refractivity contribution in [2.45, 2.75) is 25.8 Å². The molecule has 0 spiro atoms. The number of rotatable bonds is 3. The van der Waals surface area contributed by atoms with Crippen molar-refractivity contribution in [1.29, 1.82) is 0 Å². The zero-order valence-corrected chi connectivity index (χ0v) is 12.2. The first-order valence-corrected chi connectivity index (χ1v) is 7.41. The van der Waals surface area contributed by atoms with Crippen LogP contribution in [-0.2, 0) is 0 Å². The Morgan fingerprint density at radius 3 is 2.67 bits per heavy atom. The number of nitrogens with one attached hydrogen (secondary N) is 1. The average molecular weight is 285 g/mol. The summed E-state index contributed by atoms with van der Waals surface area (Å²) in [6.07, 6.45) is 8.18. The third kappa shape index (κ3) is 3.22. The van der Waals surface area contributed by atoms with Gasteiger partial charge in [0.25, 0.3) is 0 Å². The molecule has 2 heterocycles. The van der Waals surface area contributed by atoms with Crippen LogP contribution in [0.5, 0.6) is 0 Å². The van der Waals surface area contributed by atoms with Gasteiger partial charge in [-0.2, -0.15) is 0 Å². The number of piperidine rings is 1. The highest BCUT2D eigenvalue weighted by atomic mass is 19.1. The Kier molecular flexibility index (Phi) is 4.15. The van der Waals surface area contributed by atoms with Crippen LogP contribution in [0.1, 0.15) is 37.1 Å². The van der Waals surface area contributed by atoms with Gasteiger partial charge in [0.15, 0.2) is 0 Å². The lowest BCUT2D eigenvalue weighted by Crippen LogP contribution is -2.23. The molecular weight excluding hydrogens is 265 g/mol. The van der Waals surface area contributed by atoms with E-state index >= 15 is 0 Å². The third-order valence-corrected chi connectivity index (χ3v) is 4.06. The second-order valence-corrected chi connectivity index (χ2v) is 5.51. The maximum atomic E-state index is 13.0. The van der Waals surface area contributed by atoms with Gasteiger partial charge in [0, 0.05) is 0 Å². The van der Waals surface area contributed by atoms with Crippen LogP contribution in [0.4, 0.5) is 4.39 Å². The predicted octanol–water partition coefficient (Wildman–Crippen LogP) is 3.40. The highest BCUT2D eigenvalue weighted by molar-refractivity contribution is 5.49. The minimum atomic E-state index is -0.200. The Bertz CT molecular complexity index is 620. The van der Waals surface area contributed by atoms with Crippen molar-refractivity contribution in [3.05, 3.63) is 59.4 Å². The summed E-state index contributed by atoms with van der Waals surface area (Å²) in [5, 5.41) is 3.36. The molecule has 1 aliphatic rings. The number of benzene rings is 1. The maximum Gasteiger partial charge on any atom is 0.123 e. The summed E-state index contributed by atoms with van der Waals surface area (Å²) in [6.45, 7) is 4.21. The van der Waals surface area contributed by atoms with Gasteiger partial charge in [0.1, 0.15) is 5.82 Å². The standard InChI is InChI=1S/C17H20FN3/c1-13(15-2-4-16(18)5-3-15)21-12-20-11-17(21)10-14-6-8-19-9-7-14/h2-5,10-13,19H,6-9H2,1H3. The number of hydrogen-bond acceptors (Lipinski definition) is 2. The van der Waals surface area contributed by atoms with Crippen LogP contribution < -0.4 is 5.32 Å². The van der Waals surface area contributed by atoms with Gasteiger partial charge in [-0.3, -0.25) is 0 Å². The minimum Gasteiger partial charge on any atom is -0.324 e. The summed E-state index contributed by atoms with van der Waals surface area (Å²) < 4.78 is 15.2. The van der Waals surface area contributed by atoms with Gasteiger partial charge in [0.05, 0.1) is 24.3 Å². The van der Waals surface area contributed by atoms with E-state index in [-0.39, 0.29) is 11.9 Å². The van der Waals surface area contributed by atoms with Gasteiger partial charge in [-0.05, 0) is 56.6 Å². The summed E-state index contributed by atoms with van der Waals surface area (Å²) in [5.41, 5.74) is 3.66. The van der Waals surface area contributed by atoms with E-state index in [1.165, 1.54) is 17.7 Å². The maximum absolute atomic E-state index is 13.0. The van der Waals surface area contributed by atoms with E-state index in [2.05, 4.69) is 27.9 Å². The van der Waals surface area contributed by atoms with E-state index in [9.17, 15) is 4.39 Å². The van der Waals surface area contributed by atoms with Crippen molar-refractivity contribution in [3.63, 3.8) is 0 Å². The van der Waals surface area contributed by atoms with E-state index in [0.29, 0.717) is 0 Å². The topological polar surface area (TPSA) is 29.9 Å². The van der Waals surface area contributed by atoms with Crippen LogP contribution >= 0.6 is 0 Å². The molecule has 1 N–H and O–H groups in total. The predicted molar refractivity (Wildman–Crippen MR) is 82.5 cm³/mol. The zero-order valence-electron chi connectivity index (χ0n) is 12.2. The van der Waals surface area contributed by atoms with Gasteiger partial charge in [-0.1, -0.05) is 17.7 Å². The average Bonchev–Trinajstić information content (AvgIpc) is 2.96. The largest absolute Gasteiger partial charge is 0.324 e. The second-order valence-electron chi connectivity index (χ2n) is 5.51. The molecular formula is C17H20FN3. The highest BCUT2D eigenvalue weighted by Gasteiger charge is 2.12. The van der Waals surface area contributed by atoms with E-state index < -0.39 is 0 Å². The molecule has 1 saturated heterocycles. The van der Waals surface area contributed by atoms with E-state index in [0.717, 1.165) is 37.2 Å². The monoisotopic (exact) mass is 285 g/mol. The lowest BCUT2D eigenvalue weighted by molar-refractivity contribution is 0.606. The zero-order chi connectivity index (χ0) is 14.7. The summed E-state index contributed by atoms with van der Waals surface area (Å²) in [7, 11) is 0. The lowest BCUT2D eigenvalue weighted by atomic mass is 10.0. The van der Waals surface area contributed by atoms with Gasteiger partial charge < -0.3 is 9.88 Å². The van der Waals surface area contributed by atoms with Gasteiger partial charge in [-0.25, -0.2) is 9.37 Å². The smallest absolute Gasteiger partial charge is 0.123 e. The van der Waals surface area contributed by atoms with Crippen molar-refractivity contribution < 1.29 is 4.39 Å². The molecule has 0 radical (unpaired) electrons. The van der Waals surface area contributed by atoms with Crippen LogP contribution in [0.25, 0.3) is 6.08 Å². The summed E-state index contributed by atoms with van der Waals surface area (Å²) >= 11 is 0. The fraction of sp³-hybridized carbons (Fsp3) is 0.353. The van der Waals surface area contributed by atoms with Crippen molar-refractivity contribution >= 4 is 6.08 Å². The van der Waals surface area contributed by atoms with Crippen molar-refractivity contribution in [2.24, 2.45) is 0 Å². The molecule has 0 amide bonds. The van der Waals surface area contributed by atoms with Crippen molar-refractivity contribution in [3.8, 4) is 0 Å². The van der Waals surface area contributed by atoms with E-state index in [1.807, 2.05) is 24.7 Å². The molecule has 1 fully saturated rings. The molecule has 110 valence electrons. The SMILES string of the molecule is CC(c1ccc(F)cc1)n1cncc1C=C1CCNCC1. The van der Waals surface area contributed by atoms with Gasteiger partial charge >= 0.3 is 0 Å². The quantitative estimate of drug-likeness (QED) is 0.936. The van der Waals surface area contributed by atoms with E-state index in [4.69, 9.17) is 0 Å². The Morgan fingerprint density at radius 2 is 1.95 bits per heavy atom. The van der Waals surface area contributed by atoms with Crippen molar-refractivity contribution in [2.75, 3.05) is 13.1 Å². The molecule has 0 saturated carbocycles. The molecule has 21 heavy (non-hydrogen) atoms. The Balaban J connectivity index is 1.85. The van der Waals surface area contributed by atoms with Crippen LogP contribution in [0.3, 0.4) is 0 Å². The number of halogens is 1. The summed E-state index contributed by atoms with van der Waals surface area (Å²) in [4.78, 5) is 4.28. The fourth-order valence-corrected chi connectivity index (χ4v) is 2.75. The molecule has 1 aliphatic heterocycles. The second kappa shape index (κ2) is 6.22. The van der Waals surface area contributed by atoms with Gasteiger partial charge in [0.2, 0.25) is 0 Å². The summed E-state index contributed by atoms with van der Waals surface area (Å²) in [6, 6.07) is 6.83. The molecule has 0 bridgehead atoms. The Hall–Kier alpha value is -1.94. The minimum absolute atomic E-state index is 0.140. The Labute approximate surface area is 124 Å². The molecule has 1 aromatic carbocycles. The number of nitrogens with zero attached hydrogens (tertiary/aromatic N) is 2. The molecule has 3 rings (SSSR count). The van der Waals surface area contributed by atoms with Gasteiger partial charge in [-0.15, -0.1) is 0 Å². The number of aromatic nitrogens is 2. The third-order valence-electron chi connectivity index (χ3n) is 4.06. The number of imidazole rings is 1. The van der Waals surface area contributed by atoms with Crippen molar-refractivity contribution in [1.82, 2.24) is 14.9 Å². The molecule has 1 aromatic heterocycles. The van der Waals surface area contributed by atoms with Crippen LogP contribution in [0, 0.1) is 5.82 Å². The van der Waals surface area contributed by atoms with Crippen LogP contribution in [-0.4, -0.2) is 22.6 Å². The van der Waals surface area contributed by atoms with Crippen LogP contribution in [0.2, 0.25) is 0 Å². The normalized spacial score (nSPS) is 16.8. The molecule has 3 nitrogen and oxygen atoms in total. The molecule has 4 heteroatoms. The van der Waals surface area contributed by atoms with E-state index in [1.54, 1.807) is 0 Å². The number of hydrogen-bond donors (Lipinski definition) is 1. The molecule has 0 aliphatic carbocycles.